The molecule has 2 aromatic rings. The maximum atomic E-state index is 13.0. The molecule has 1 aromatic carbocycles. The minimum Gasteiger partial charge on any atom is -0.353 e. The van der Waals surface area contributed by atoms with Gasteiger partial charge in [0.25, 0.3) is 0 Å². The van der Waals surface area contributed by atoms with E-state index in [2.05, 4.69) is 4.98 Å². The van der Waals surface area contributed by atoms with Gasteiger partial charge in [0.05, 0.1) is 18.0 Å². The zero-order valence-electron chi connectivity index (χ0n) is 17.5. The minimum atomic E-state index is -4.42. The van der Waals surface area contributed by atoms with Crippen molar-refractivity contribution < 1.29 is 22.8 Å². The van der Waals surface area contributed by atoms with Crippen molar-refractivity contribution in [3.63, 3.8) is 0 Å². The van der Waals surface area contributed by atoms with Crippen LogP contribution in [0.25, 0.3) is 6.08 Å². The molecule has 0 spiro atoms. The molecule has 0 saturated carbocycles. The van der Waals surface area contributed by atoms with Crippen molar-refractivity contribution in [3.8, 4) is 0 Å². The molecule has 1 saturated heterocycles. The number of benzene rings is 1. The number of aromatic nitrogens is 1. The highest BCUT2D eigenvalue weighted by atomic mass is 19.4. The van der Waals surface area contributed by atoms with Crippen molar-refractivity contribution in [1.82, 2.24) is 14.8 Å². The molecule has 32 heavy (non-hydrogen) atoms. The van der Waals surface area contributed by atoms with E-state index in [1.807, 2.05) is 35.2 Å². The summed E-state index contributed by atoms with van der Waals surface area (Å²) in [7, 11) is 0. The summed E-state index contributed by atoms with van der Waals surface area (Å²) >= 11 is 0. The minimum absolute atomic E-state index is 0.0635. The lowest BCUT2D eigenvalue weighted by atomic mass is 9.93. The van der Waals surface area contributed by atoms with Crippen molar-refractivity contribution in [2.45, 2.75) is 25.6 Å². The van der Waals surface area contributed by atoms with Gasteiger partial charge in [0.1, 0.15) is 5.82 Å². The zero-order valence-corrected chi connectivity index (χ0v) is 17.5. The van der Waals surface area contributed by atoms with Gasteiger partial charge in [0, 0.05) is 45.5 Å². The second-order valence-corrected chi connectivity index (χ2v) is 7.86. The van der Waals surface area contributed by atoms with Crippen molar-refractivity contribution in [2.24, 2.45) is 0 Å². The summed E-state index contributed by atoms with van der Waals surface area (Å²) in [4.78, 5) is 34.3. The van der Waals surface area contributed by atoms with Gasteiger partial charge in [-0.25, -0.2) is 4.98 Å². The van der Waals surface area contributed by atoms with Gasteiger partial charge in [-0.3, -0.25) is 9.59 Å². The second kappa shape index (κ2) is 8.64. The Bertz CT molecular complexity index is 1030. The summed E-state index contributed by atoms with van der Waals surface area (Å²) in [5, 5.41) is 0. The summed E-state index contributed by atoms with van der Waals surface area (Å²) in [5.74, 6) is 0.261. The van der Waals surface area contributed by atoms with Gasteiger partial charge in [-0.2, -0.15) is 13.2 Å². The first-order chi connectivity index (χ1) is 15.2. The third-order valence-corrected chi connectivity index (χ3v) is 5.87. The molecule has 2 aliphatic heterocycles. The fourth-order valence-corrected chi connectivity index (χ4v) is 4.13. The number of alkyl halides is 3. The van der Waals surface area contributed by atoms with Crippen LogP contribution in [0.5, 0.6) is 0 Å². The number of carbonyl (C=O) groups is 2. The maximum Gasteiger partial charge on any atom is 0.417 e. The lowest BCUT2D eigenvalue weighted by molar-refractivity contribution is -0.138. The Morgan fingerprint density at radius 3 is 2.41 bits per heavy atom. The summed E-state index contributed by atoms with van der Waals surface area (Å²) < 4.78 is 38.2. The molecule has 9 heteroatoms. The smallest absolute Gasteiger partial charge is 0.353 e. The second-order valence-electron chi connectivity index (χ2n) is 7.86. The van der Waals surface area contributed by atoms with Crippen LogP contribution in [0, 0.1) is 0 Å². The number of hydrogen-bond acceptors (Lipinski definition) is 4. The van der Waals surface area contributed by atoms with Gasteiger partial charge in [0.15, 0.2) is 0 Å². The van der Waals surface area contributed by atoms with Crippen molar-refractivity contribution >= 4 is 23.7 Å². The summed E-state index contributed by atoms with van der Waals surface area (Å²) in [6.07, 6.45) is 0.165. The molecule has 2 amide bonds. The van der Waals surface area contributed by atoms with Gasteiger partial charge < -0.3 is 14.7 Å². The van der Waals surface area contributed by atoms with E-state index in [4.69, 9.17) is 0 Å². The number of rotatable bonds is 3. The van der Waals surface area contributed by atoms with Crippen LogP contribution in [0.3, 0.4) is 0 Å². The van der Waals surface area contributed by atoms with E-state index in [-0.39, 0.29) is 24.3 Å². The van der Waals surface area contributed by atoms with E-state index < -0.39 is 11.7 Å². The Hall–Kier alpha value is -3.36. The summed E-state index contributed by atoms with van der Waals surface area (Å²) in [6.45, 7) is 3.30. The van der Waals surface area contributed by atoms with Gasteiger partial charge in [-0.05, 0) is 29.3 Å². The molecule has 0 bridgehead atoms. The molecule has 168 valence electrons. The predicted octanol–water partition coefficient (Wildman–Crippen LogP) is 3.71. The van der Waals surface area contributed by atoms with Gasteiger partial charge in [0.2, 0.25) is 11.8 Å². The molecule has 6 nitrogen and oxygen atoms in total. The van der Waals surface area contributed by atoms with Crippen LogP contribution in [0.15, 0.2) is 48.8 Å². The molecule has 1 atom stereocenters. The van der Waals surface area contributed by atoms with Crippen molar-refractivity contribution in [1.29, 1.82) is 0 Å². The molecular formula is C23H23F3N4O2. The largest absolute Gasteiger partial charge is 0.417 e. The highest BCUT2D eigenvalue weighted by Gasteiger charge is 2.32. The molecule has 0 aliphatic carbocycles. The number of carbonyl (C=O) groups excluding carboxylic acids is 2. The average Bonchev–Trinajstić information content (AvgIpc) is 2.78. The Morgan fingerprint density at radius 1 is 1.06 bits per heavy atom. The highest BCUT2D eigenvalue weighted by molar-refractivity contribution is 5.82. The Labute approximate surface area is 183 Å². The molecule has 0 N–H and O–H groups in total. The fourth-order valence-electron chi connectivity index (χ4n) is 4.13. The number of pyridine rings is 1. The Morgan fingerprint density at radius 2 is 1.78 bits per heavy atom. The fraction of sp³-hybridized carbons (Fsp3) is 0.348. The number of hydrogen-bond donors (Lipinski definition) is 0. The lowest BCUT2D eigenvalue weighted by Gasteiger charge is -2.38. The monoisotopic (exact) mass is 444 g/mol. The molecule has 1 fully saturated rings. The van der Waals surface area contributed by atoms with Gasteiger partial charge in [-0.1, -0.05) is 24.3 Å². The standard InChI is InChI=1S/C23H23F3N4O2/c1-16(31)30-9-8-17-4-2-3-5-19(17)20(30)14-22(32)29-12-10-28(11-13-29)21-7-6-18(15-27-21)23(24,25)26/h2-9,15,20H,10-14H2,1H3/t20-/m0/s1. The lowest BCUT2D eigenvalue weighted by Crippen LogP contribution is -2.49. The van der Waals surface area contributed by atoms with E-state index in [0.29, 0.717) is 32.0 Å². The third-order valence-electron chi connectivity index (χ3n) is 5.87. The van der Waals surface area contributed by atoms with Crippen LogP contribution in [0.4, 0.5) is 19.0 Å². The number of anilines is 1. The van der Waals surface area contributed by atoms with Crippen LogP contribution < -0.4 is 4.90 Å². The topological polar surface area (TPSA) is 56.8 Å². The number of piperazine rings is 1. The van der Waals surface area contributed by atoms with E-state index >= 15 is 0 Å². The van der Waals surface area contributed by atoms with Crippen LogP contribution in [0.1, 0.15) is 36.1 Å². The maximum absolute atomic E-state index is 13.0. The summed E-state index contributed by atoms with van der Waals surface area (Å²) in [6, 6.07) is 9.71. The number of fused-ring (bicyclic) bond motifs is 1. The molecule has 0 radical (unpaired) electrons. The van der Waals surface area contributed by atoms with Crippen LogP contribution in [0.2, 0.25) is 0 Å². The first kappa shape index (κ1) is 21.9. The zero-order chi connectivity index (χ0) is 22.9. The molecular weight excluding hydrogens is 421 g/mol. The Kier molecular flexibility index (Phi) is 5.90. The molecule has 3 heterocycles. The first-order valence-corrected chi connectivity index (χ1v) is 10.4. The number of nitrogens with zero attached hydrogens (tertiary/aromatic N) is 4. The van der Waals surface area contributed by atoms with Crippen LogP contribution in [-0.4, -0.2) is 52.8 Å². The molecule has 0 unspecified atom stereocenters. The van der Waals surface area contributed by atoms with Crippen molar-refractivity contribution in [2.75, 3.05) is 31.1 Å². The highest BCUT2D eigenvalue weighted by Crippen LogP contribution is 2.33. The first-order valence-electron chi connectivity index (χ1n) is 10.4. The third kappa shape index (κ3) is 4.46. The van der Waals surface area contributed by atoms with E-state index in [1.165, 1.54) is 13.0 Å². The van der Waals surface area contributed by atoms with E-state index in [9.17, 15) is 22.8 Å². The van der Waals surface area contributed by atoms with Gasteiger partial charge >= 0.3 is 6.18 Å². The van der Waals surface area contributed by atoms with Crippen molar-refractivity contribution in [3.05, 3.63) is 65.5 Å². The van der Waals surface area contributed by atoms with Crippen LogP contribution in [-0.2, 0) is 15.8 Å². The van der Waals surface area contributed by atoms with E-state index in [0.717, 1.165) is 23.4 Å². The summed E-state index contributed by atoms with van der Waals surface area (Å²) in [5.41, 5.74) is 1.14. The molecule has 4 rings (SSSR count). The molecule has 2 aliphatic rings. The number of halogens is 3. The van der Waals surface area contributed by atoms with Crippen LogP contribution >= 0.6 is 0 Å². The molecule has 1 aromatic heterocycles. The SMILES string of the molecule is CC(=O)N1C=Cc2ccccc2[C@@H]1CC(=O)N1CCN(c2ccc(C(F)(F)F)cn2)CC1. The predicted molar refractivity (Wildman–Crippen MR) is 113 cm³/mol. The average molecular weight is 444 g/mol. The quantitative estimate of drug-likeness (QED) is 0.724. The Balaban J connectivity index is 1.40. The van der Waals surface area contributed by atoms with E-state index in [1.54, 1.807) is 16.0 Å². The van der Waals surface area contributed by atoms with Gasteiger partial charge in [-0.15, -0.1) is 0 Å². The number of amides is 2. The normalized spacial score (nSPS) is 18.5.